The van der Waals surface area contributed by atoms with Crippen molar-refractivity contribution in [2.45, 2.75) is 31.3 Å². The summed E-state index contributed by atoms with van der Waals surface area (Å²) in [4.78, 5) is 25.8. The van der Waals surface area contributed by atoms with Crippen LogP contribution < -0.4 is 10.5 Å². The largest absolute Gasteiger partial charge is 0.497 e. The lowest BCUT2D eigenvalue weighted by Crippen LogP contribution is -2.38. The number of hydrogen-bond donors (Lipinski definition) is 2. The van der Waals surface area contributed by atoms with E-state index in [0.29, 0.717) is 23.4 Å². The fraction of sp³-hybridized carbons (Fsp3) is 0.467. The molecule has 3 rings (SSSR count). The summed E-state index contributed by atoms with van der Waals surface area (Å²) >= 11 is 0. The maximum atomic E-state index is 12.8. The number of carbonyl (C=O) groups excluding carboxylic acids is 1. The summed E-state index contributed by atoms with van der Waals surface area (Å²) in [5.41, 5.74) is 6.67. The standard InChI is InChI=1S/C15H18N2O4/c1-21-9-3-4-12(16)10(7-9)14(18)17-8-2-5-13(17)11(6-8)15(19)20/h3-4,7-8,11,13H,2,5-6,16H2,1H3,(H,19,20). The summed E-state index contributed by atoms with van der Waals surface area (Å²) in [6.07, 6.45) is 2.15. The Morgan fingerprint density at radius 2 is 2.14 bits per heavy atom. The average molecular weight is 290 g/mol. The Hall–Kier alpha value is -2.24. The van der Waals surface area contributed by atoms with Crippen LogP contribution in [0.2, 0.25) is 0 Å². The second-order valence-corrected chi connectivity index (χ2v) is 5.64. The van der Waals surface area contributed by atoms with Gasteiger partial charge in [0.15, 0.2) is 0 Å². The Bertz CT molecular complexity index is 601. The van der Waals surface area contributed by atoms with E-state index in [1.165, 1.54) is 7.11 Å². The molecule has 2 fully saturated rings. The van der Waals surface area contributed by atoms with Gasteiger partial charge in [-0.3, -0.25) is 9.59 Å². The third-order valence-electron chi connectivity index (χ3n) is 4.58. The van der Waals surface area contributed by atoms with Crippen LogP contribution in [0, 0.1) is 5.92 Å². The highest BCUT2D eigenvalue weighted by molar-refractivity contribution is 6.00. The van der Waals surface area contributed by atoms with Crippen LogP contribution in [0.5, 0.6) is 5.75 Å². The molecule has 2 saturated heterocycles. The number of ether oxygens (including phenoxy) is 1. The molecule has 2 bridgehead atoms. The normalized spacial score (nSPS) is 26.9. The fourth-order valence-electron chi connectivity index (χ4n) is 3.56. The maximum absolute atomic E-state index is 12.8. The minimum Gasteiger partial charge on any atom is -0.497 e. The number of rotatable bonds is 3. The smallest absolute Gasteiger partial charge is 0.308 e. The number of fused-ring (bicyclic) bond motifs is 2. The zero-order valence-electron chi connectivity index (χ0n) is 11.8. The highest BCUT2D eigenvalue weighted by atomic mass is 16.5. The van der Waals surface area contributed by atoms with Crippen molar-refractivity contribution < 1.29 is 19.4 Å². The molecule has 1 aromatic rings. The van der Waals surface area contributed by atoms with Crippen molar-refractivity contribution in [2.24, 2.45) is 5.92 Å². The molecular weight excluding hydrogens is 272 g/mol. The van der Waals surface area contributed by atoms with Crippen molar-refractivity contribution in [3.8, 4) is 5.75 Å². The van der Waals surface area contributed by atoms with Crippen LogP contribution in [0.25, 0.3) is 0 Å². The quantitative estimate of drug-likeness (QED) is 0.820. The van der Waals surface area contributed by atoms with Gasteiger partial charge in [0, 0.05) is 17.8 Å². The second-order valence-electron chi connectivity index (χ2n) is 5.64. The number of aliphatic carboxylic acids is 1. The first-order valence-corrected chi connectivity index (χ1v) is 7.02. The molecule has 1 amide bonds. The van der Waals surface area contributed by atoms with E-state index < -0.39 is 11.9 Å². The zero-order chi connectivity index (χ0) is 15.1. The molecule has 2 heterocycles. The van der Waals surface area contributed by atoms with Gasteiger partial charge < -0.3 is 20.5 Å². The number of amides is 1. The van der Waals surface area contributed by atoms with Gasteiger partial charge in [0.05, 0.1) is 18.6 Å². The molecule has 21 heavy (non-hydrogen) atoms. The summed E-state index contributed by atoms with van der Waals surface area (Å²) in [6, 6.07) is 4.74. The Balaban J connectivity index is 1.91. The predicted octanol–water partition coefficient (Wildman–Crippen LogP) is 1.36. The minimum atomic E-state index is -0.821. The molecule has 0 spiro atoms. The van der Waals surface area contributed by atoms with Gasteiger partial charge in [0.1, 0.15) is 5.75 Å². The molecule has 3 atom stereocenters. The molecule has 2 aliphatic rings. The van der Waals surface area contributed by atoms with Crippen molar-refractivity contribution in [1.29, 1.82) is 0 Å². The Morgan fingerprint density at radius 3 is 2.76 bits per heavy atom. The molecular formula is C15H18N2O4. The molecule has 1 aromatic carbocycles. The van der Waals surface area contributed by atoms with Crippen molar-refractivity contribution in [3.05, 3.63) is 23.8 Å². The van der Waals surface area contributed by atoms with E-state index in [9.17, 15) is 14.7 Å². The maximum Gasteiger partial charge on any atom is 0.308 e. The van der Waals surface area contributed by atoms with E-state index in [-0.39, 0.29) is 18.0 Å². The number of carbonyl (C=O) groups is 2. The van der Waals surface area contributed by atoms with Gasteiger partial charge >= 0.3 is 5.97 Å². The monoisotopic (exact) mass is 290 g/mol. The molecule has 0 saturated carbocycles. The molecule has 0 aromatic heterocycles. The molecule has 3 N–H and O–H groups in total. The summed E-state index contributed by atoms with van der Waals surface area (Å²) in [5, 5.41) is 9.26. The van der Waals surface area contributed by atoms with Crippen LogP contribution in [-0.2, 0) is 4.79 Å². The van der Waals surface area contributed by atoms with Crippen LogP contribution >= 0.6 is 0 Å². The summed E-state index contributed by atoms with van der Waals surface area (Å²) < 4.78 is 5.13. The third kappa shape index (κ3) is 2.11. The molecule has 0 aliphatic carbocycles. The molecule has 6 nitrogen and oxygen atoms in total. The predicted molar refractivity (Wildman–Crippen MR) is 76.1 cm³/mol. The summed E-state index contributed by atoms with van der Waals surface area (Å²) in [5.74, 6) is -0.908. The van der Waals surface area contributed by atoms with Crippen LogP contribution in [0.3, 0.4) is 0 Å². The first kappa shape index (κ1) is 13.7. The number of nitrogens with zero attached hydrogens (tertiary/aromatic N) is 1. The summed E-state index contributed by atoms with van der Waals surface area (Å²) in [6.45, 7) is 0. The Kier molecular flexibility index (Phi) is 3.23. The van der Waals surface area contributed by atoms with E-state index in [2.05, 4.69) is 0 Å². The van der Waals surface area contributed by atoms with Crippen LogP contribution in [0.1, 0.15) is 29.6 Å². The SMILES string of the molecule is COc1ccc(N)c(C(=O)N2C3CCC2C(C(=O)O)C3)c1. The zero-order valence-corrected chi connectivity index (χ0v) is 11.8. The van der Waals surface area contributed by atoms with Crippen LogP contribution in [-0.4, -0.2) is 41.1 Å². The average Bonchev–Trinajstić information content (AvgIpc) is 3.04. The molecule has 0 radical (unpaired) electrons. The lowest BCUT2D eigenvalue weighted by molar-refractivity contribution is -0.142. The molecule has 2 aliphatic heterocycles. The van der Waals surface area contributed by atoms with E-state index in [0.717, 1.165) is 12.8 Å². The number of nitrogen functional groups attached to an aromatic ring is 1. The van der Waals surface area contributed by atoms with Gasteiger partial charge in [-0.25, -0.2) is 0 Å². The van der Waals surface area contributed by atoms with Crippen molar-refractivity contribution >= 4 is 17.6 Å². The number of nitrogens with two attached hydrogens (primary N) is 1. The minimum absolute atomic E-state index is 0.00852. The molecule has 3 unspecified atom stereocenters. The lowest BCUT2D eigenvalue weighted by Gasteiger charge is -2.24. The van der Waals surface area contributed by atoms with Gasteiger partial charge in [-0.2, -0.15) is 0 Å². The summed E-state index contributed by atoms with van der Waals surface area (Å²) in [7, 11) is 1.53. The number of carboxylic acid groups (broad SMARTS) is 1. The van der Waals surface area contributed by atoms with Crippen LogP contribution in [0.4, 0.5) is 5.69 Å². The van der Waals surface area contributed by atoms with Crippen molar-refractivity contribution in [2.75, 3.05) is 12.8 Å². The highest BCUT2D eigenvalue weighted by Crippen LogP contribution is 2.43. The number of methoxy groups -OCH3 is 1. The second kappa shape index (κ2) is 4.95. The lowest BCUT2D eigenvalue weighted by atomic mass is 9.89. The van der Waals surface area contributed by atoms with Gasteiger partial charge in [-0.15, -0.1) is 0 Å². The topological polar surface area (TPSA) is 92.9 Å². The van der Waals surface area contributed by atoms with Crippen molar-refractivity contribution in [1.82, 2.24) is 4.90 Å². The third-order valence-corrected chi connectivity index (χ3v) is 4.58. The Labute approximate surface area is 122 Å². The van der Waals surface area contributed by atoms with Crippen molar-refractivity contribution in [3.63, 3.8) is 0 Å². The first-order valence-electron chi connectivity index (χ1n) is 7.02. The highest BCUT2D eigenvalue weighted by Gasteiger charge is 2.51. The fourth-order valence-corrected chi connectivity index (χ4v) is 3.56. The van der Waals surface area contributed by atoms with E-state index >= 15 is 0 Å². The number of benzene rings is 1. The van der Waals surface area contributed by atoms with Gasteiger partial charge in [-0.1, -0.05) is 0 Å². The van der Waals surface area contributed by atoms with E-state index in [1.807, 2.05) is 0 Å². The van der Waals surface area contributed by atoms with Crippen LogP contribution in [0.15, 0.2) is 18.2 Å². The Morgan fingerprint density at radius 1 is 1.38 bits per heavy atom. The van der Waals surface area contributed by atoms with Gasteiger partial charge in [0.2, 0.25) is 0 Å². The van der Waals surface area contributed by atoms with E-state index in [4.69, 9.17) is 10.5 Å². The number of carboxylic acids is 1. The van der Waals surface area contributed by atoms with Gasteiger partial charge in [0.25, 0.3) is 5.91 Å². The molecule has 112 valence electrons. The number of anilines is 1. The van der Waals surface area contributed by atoms with Gasteiger partial charge in [-0.05, 0) is 37.5 Å². The van der Waals surface area contributed by atoms with E-state index in [1.54, 1.807) is 23.1 Å². The number of hydrogen-bond acceptors (Lipinski definition) is 4. The molecule has 6 heteroatoms. The first-order chi connectivity index (χ1) is 10.0.